The van der Waals surface area contributed by atoms with Crippen molar-refractivity contribution in [3.8, 4) is 0 Å². The fourth-order valence-electron chi connectivity index (χ4n) is 8.67. The Morgan fingerprint density at radius 3 is 2.46 bits per heavy atom. The Morgan fingerprint density at radius 2 is 1.69 bits per heavy atom. The molecular formula is C24H42O2. The van der Waals surface area contributed by atoms with Crippen LogP contribution in [0.4, 0.5) is 0 Å². The maximum atomic E-state index is 10.5. The van der Waals surface area contributed by atoms with Gasteiger partial charge in [-0.15, -0.1) is 0 Å². The minimum atomic E-state index is -0.391. The fourth-order valence-corrected chi connectivity index (χ4v) is 8.67. The smallest absolute Gasteiger partial charge is 0.0622 e. The van der Waals surface area contributed by atoms with Crippen molar-refractivity contribution < 1.29 is 10.2 Å². The second-order valence-electron chi connectivity index (χ2n) is 11.2. The minimum absolute atomic E-state index is 0.356. The third kappa shape index (κ3) is 3.17. The van der Waals surface area contributed by atoms with Gasteiger partial charge < -0.3 is 10.2 Å². The van der Waals surface area contributed by atoms with E-state index in [9.17, 15) is 10.2 Å². The molecule has 2 heteroatoms. The normalized spacial score (nSPS) is 52.0. The maximum absolute atomic E-state index is 10.5. The summed E-state index contributed by atoms with van der Waals surface area (Å²) in [6.45, 7) is 7.52. The van der Waals surface area contributed by atoms with Crippen LogP contribution in [0.25, 0.3) is 0 Å². The zero-order valence-electron chi connectivity index (χ0n) is 17.4. The summed E-state index contributed by atoms with van der Waals surface area (Å²) in [6, 6.07) is 0. The van der Waals surface area contributed by atoms with E-state index in [1.54, 1.807) is 0 Å². The summed E-state index contributed by atoms with van der Waals surface area (Å²) < 4.78 is 0. The Morgan fingerprint density at radius 1 is 0.923 bits per heavy atom. The van der Waals surface area contributed by atoms with Crippen LogP contribution in [0.1, 0.15) is 91.4 Å². The van der Waals surface area contributed by atoms with Crippen molar-refractivity contribution in [2.75, 3.05) is 6.61 Å². The number of fused-ring (bicyclic) bond motifs is 5. The molecule has 26 heavy (non-hydrogen) atoms. The lowest BCUT2D eigenvalue weighted by molar-refractivity contribution is -0.103. The highest BCUT2D eigenvalue weighted by Crippen LogP contribution is 2.65. The summed E-state index contributed by atoms with van der Waals surface area (Å²) in [6.07, 6.45) is 14.1. The van der Waals surface area contributed by atoms with Gasteiger partial charge in [0.2, 0.25) is 0 Å². The first-order valence-electron chi connectivity index (χ1n) is 11.7. The van der Waals surface area contributed by atoms with Crippen LogP contribution < -0.4 is 0 Å². The van der Waals surface area contributed by atoms with Crippen molar-refractivity contribution in [2.24, 2.45) is 46.8 Å². The summed E-state index contributed by atoms with van der Waals surface area (Å²) in [5.41, 5.74) is 0.167. The van der Waals surface area contributed by atoms with Gasteiger partial charge in [-0.3, -0.25) is 0 Å². The summed E-state index contributed by atoms with van der Waals surface area (Å²) in [7, 11) is 0. The van der Waals surface area contributed by atoms with Crippen molar-refractivity contribution >= 4 is 0 Å². The molecule has 4 saturated carbocycles. The molecule has 0 spiro atoms. The minimum Gasteiger partial charge on any atom is -0.396 e. The lowest BCUT2D eigenvalue weighted by Gasteiger charge is -2.57. The lowest BCUT2D eigenvalue weighted by atomic mass is 9.48. The third-order valence-electron chi connectivity index (χ3n) is 9.81. The largest absolute Gasteiger partial charge is 0.396 e. The highest BCUT2D eigenvalue weighted by Gasteiger charge is 2.57. The molecular weight excluding hydrogens is 320 g/mol. The van der Waals surface area contributed by atoms with Gasteiger partial charge in [0.15, 0.2) is 0 Å². The number of hydrogen-bond acceptors (Lipinski definition) is 2. The summed E-state index contributed by atoms with van der Waals surface area (Å²) in [4.78, 5) is 0. The quantitative estimate of drug-likeness (QED) is 0.701. The van der Waals surface area contributed by atoms with Gasteiger partial charge in [0.05, 0.1) is 5.60 Å². The van der Waals surface area contributed by atoms with Crippen LogP contribution in [-0.4, -0.2) is 22.4 Å². The third-order valence-corrected chi connectivity index (χ3v) is 9.81. The van der Waals surface area contributed by atoms with E-state index in [2.05, 4.69) is 20.8 Å². The van der Waals surface area contributed by atoms with Crippen LogP contribution >= 0.6 is 0 Å². The molecule has 2 N–H and O–H groups in total. The van der Waals surface area contributed by atoms with Gasteiger partial charge in [-0.25, -0.2) is 0 Å². The molecule has 0 aromatic carbocycles. The SMILES string of the molecule is CC(CCCO)[C@H]1CC[C@H]2[C@@H]3CC[C@@H]4C[C@](C)(O)CC[C@@H]4[C@H]3CC[C@]12C. The van der Waals surface area contributed by atoms with Crippen LogP contribution in [0.5, 0.6) is 0 Å². The maximum Gasteiger partial charge on any atom is 0.0622 e. The summed E-state index contributed by atoms with van der Waals surface area (Å²) in [5.74, 6) is 6.22. The average molecular weight is 363 g/mol. The molecule has 2 nitrogen and oxygen atoms in total. The highest BCUT2D eigenvalue weighted by molar-refractivity contribution is 5.07. The highest BCUT2D eigenvalue weighted by atomic mass is 16.3. The molecule has 4 aliphatic carbocycles. The van der Waals surface area contributed by atoms with Gasteiger partial charge in [0.1, 0.15) is 0 Å². The number of rotatable bonds is 4. The Hall–Kier alpha value is -0.0800. The molecule has 150 valence electrons. The van der Waals surface area contributed by atoms with E-state index in [0.717, 1.165) is 60.7 Å². The predicted molar refractivity (Wildman–Crippen MR) is 107 cm³/mol. The zero-order valence-corrected chi connectivity index (χ0v) is 17.4. The molecule has 4 rings (SSSR count). The van der Waals surface area contributed by atoms with Gasteiger partial charge in [-0.2, -0.15) is 0 Å². The summed E-state index contributed by atoms with van der Waals surface area (Å²) in [5, 5.41) is 19.8. The van der Waals surface area contributed by atoms with Gasteiger partial charge in [-0.05, 0) is 124 Å². The van der Waals surface area contributed by atoms with Crippen molar-refractivity contribution in [2.45, 2.75) is 97.0 Å². The van der Waals surface area contributed by atoms with E-state index in [1.807, 2.05) is 0 Å². The van der Waals surface area contributed by atoms with Crippen molar-refractivity contribution in [1.29, 1.82) is 0 Å². The van der Waals surface area contributed by atoms with Crippen molar-refractivity contribution in [1.82, 2.24) is 0 Å². The standard InChI is InChI=1S/C24H42O2/c1-16(5-4-14-25)21-8-9-22-20-7-6-17-15-23(2,26)12-10-18(17)19(20)11-13-24(21,22)3/h16-22,25-26H,4-15H2,1-3H3/t16?,17-,18+,19-,20-,21-,22+,23-,24-/m1/s1. The molecule has 1 unspecified atom stereocenters. The topological polar surface area (TPSA) is 40.5 Å². The molecule has 0 aromatic rings. The first-order chi connectivity index (χ1) is 12.4. The monoisotopic (exact) mass is 362 g/mol. The van der Waals surface area contributed by atoms with E-state index in [-0.39, 0.29) is 0 Å². The summed E-state index contributed by atoms with van der Waals surface area (Å²) >= 11 is 0. The zero-order chi connectivity index (χ0) is 18.5. The van der Waals surface area contributed by atoms with Gasteiger partial charge in [0.25, 0.3) is 0 Å². The lowest BCUT2D eigenvalue weighted by Crippen LogP contribution is -2.50. The van der Waals surface area contributed by atoms with Crippen LogP contribution in [-0.2, 0) is 0 Å². The van der Waals surface area contributed by atoms with Crippen LogP contribution in [0.15, 0.2) is 0 Å². The Bertz CT molecular complexity index is 500. The molecule has 0 amide bonds. The molecule has 0 radical (unpaired) electrons. The molecule has 9 atom stereocenters. The number of hydrogen-bond donors (Lipinski definition) is 2. The second-order valence-corrected chi connectivity index (χ2v) is 11.2. The van der Waals surface area contributed by atoms with Crippen LogP contribution in [0.3, 0.4) is 0 Å². The Kier molecular flexibility index (Phi) is 5.23. The van der Waals surface area contributed by atoms with Crippen molar-refractivity contribution in [3.63, 3.8) is 0 Å². The average Bonchev–Trinajstić information content (AvgIpc) is 2.95. The van der Waals surface area contributed by atoms with Crippen LogP contribution in [0, 0.1) is 46.8 Å². The van der Waals surface area contributed by atoms with E-state index in [1.165, 1.54) is 51.4 Å². The van der Waals surface area contributed by atoms with Gasteiger partial charge in [-0.1, -0.05) is 13.8 Å². The Balaban J connectivity index is 1.48. The molecule has 0 heterocycles. The predicted octanol–water partition coefficient (Wildman–Crippen LogP) is 5.41. The van der Waals surface area contributed by atoms with E-state index in [4.69, 9.17) is 0 Å². The first kappa shape index (κ1) is 19.2. The first-order valence-corrected chi connectivity index (χ1v) is 11.7. The second kappa shape index (κ2) is 7.07. The molecule has 0 aliphatic heterocycles. The van der Waals surface area contributed by atoms with Crippen LogP contribution in [0.2, 0.25) is 0 Å². The van der Waals surface area contributed by atoms with Gasteiger partial charge >= 0.3 is 0 Å². The van der Waals surface area contributed by atoms with Gasteiger partial charge in [0, 0.05) is 6.61 Å². The number of aliphatic hydroxyl groups is 2. The molecule has 0 saturated heterocycles. The number of aliphatic hydroxyl groups excluding tert-OH is 1. The van der Waals surface area contributed by atoms with E-state index < -0.39 is 5.60 Å². The van der Waals surface area contributed by atoms with E-state index in [0.29, 0.717) is 12.0 Å². The molecule has 0 bridgehead atoms. The van der Waals surface area contributed by atoms with E-state index >= 15 is 0 Å². The molecule has 0 aromatic heterocycles. The molecule has 4 aliphatic rings. The molecule has 4 fully saturated rings. The Labute approximate surface area is 161 Å². The van der Waals surface area contributed by atoms with Crippen molar-refractivity contribution in [3.05, 3.63) is 0 Å². The fraction of sp³-hybridized carbons (Fsp3) is 1.00.